The van der Waals surface area contributed by atoms with E-state index in [1.165, 1.54) is 12.3 Å². The van der Waals surface area contributed by atoms with E-state index in [9.17, 15) is 4.79 Å². The first-order valence-corrected chi connectivity index (χ1v) is 4.04. The summed E-state index contributed by atoms with van der Waals surface area (Å²) in [6.45, 7) is 0. The Labute approximate surface area is 88.5 Å². The lowest BCUT2D eigenvalue weighted by molar-refractivity contribution is 0.101. The third-order valence-electron chi connectivity index (χ3n) is 1.08. The van der Waals surface area contributed by atoms with Crippen LogP contribution in [0.3, 0.4) is 0 Å². The van der Waals surface area contributed by atoms with E-state index in [0.717, 1.165) is 0 Å². The number of ketones is 1. The lowest BCUT2D eigenvalue weighted by Crippen LogP contribution is -2.05. The molecule has 0 atom stereocenters. The molecule has 4 nitrogen and oxygen atoms in total. The first-order valence-electron chi connectivity index (χ1n) is 2.91. The average molecular weight is 297 g/mol. The van der Waals surface area contributed by atoms with Crippen molar-refractivity contribution >= 4 is 44.6 Å². The van der Waals surface area contributed by atoms with Gasteiger partial charge in [-0.05, 0) is 6.07 Å². The van der Waals surface area contributed by atoms with E-state index in [0.29, 0.717) is 5.69 Å². The van der Waals surface area contributed by atoms with Crippen molar-refractivity contribution < 1.29 is 4.79 Å². The number of nitrogens with two attached hydrogens (primary N) is 1. The molecule has 0 spiro atoms. The topological polar surface area (TPSA) is 68.9 Å². The van der Waals surface area contributed by atoms with E-state index in [1.54, 1.807) is 0 Å². The highest BCUT2D eigenvalue weighted by Gasteiger charge is 2.04. The van der Waals surface area contributed by atoms with Gasteiger partial charge in [0.2, 0.25) is 5.95 Å². The Kier molecular flexibility index (Phi) is 5.00. The van der Waals surface area contributed by atoms with Gasteiger partial charge in [-0.2, -0.15) is 0 Å². The van der Waals surface area contributed by atoms with Crippen molar-refractivity contribution in [2.75, 3.05) is 11.1 Å². The number of hydrogen-bond acceptors (Lipinski definition) is 4. The molecular weight excluding hydrogens is 290 g/mol. The Bertz CT molecular complexity index is 279. The molecule has 1 heterocycles. The lowest BCUT2D eigenvalue weighted by atomic mass is 10.3. The zero-order chi connectivity index (χ0) is 8.27. The van der Waals surface area contributed by atoms with Crippen LogP contribution < -0.4 is 5.73 Å². The van der Waals surface area contributed by atoms with Crippen LogP contribution in [0.2, 0.25) is 0 Å². The molecule has 2 N–H and O–H groups in total. The highest BCUT2D eigenvalue weighted by Crippen LogP contribution is 1.99. The van der Waals surface area contributed by atoms with Crippen LogP contribution in [-0.2, 0) is 0 Å². The summed E-state index contributed by atoms with van der Waals surface area (Å²) in [6.07, 6.45) is 1.46. The Hall–Kier alpha value is -0.490. The predicted octanol–water partition coefficient (Wildman–Crippen LogP) is 1.21. The van der Waals surface area contributed by atoms with Crippen molar-refractivity contribution in [2.24, 2.45) is 0 Å². The van der Waals surface area contributed by atoms with E-state index >= 15 is 0 Å². The molecule has 1 rings (SSSR count). The van der Waals surface area contributed by atoms with Gasteiger partial charge in [0.15, 0.2) is 5.78 Å². The molecule has 1 aromatic heterocycles. The highest BCUT2D eigenvalue weighted by molar-refractivity contribution is 9.09. The van der Waals surface area contributed by atoms with E-state index < -0.39 is 0 Å². The van der Waals surface area contributed by atoms with E-state index in [-0.39, 0.29) is 34.0 Å². The molecule has 0 amide bonds. The molecule has 0 fully saturated rings. The number of halogens is 2. The lowest BCUT2D eigenvalue weighted by Gasteiger charge is -1.95. The standard InChI is InChI=1S/C6H6BrN3O.BrH/c7-3-5(11)4-1-2-9-6(8)10-4;/h1-2H,3H2,(H2,8,9,10);1H. The maximum Gasteiger partial charge on any atom is 0.220 e. The third kappa shape index (κ3) is 2.86. The Morgan fingerprint density at radius 2 is 2.33 bits per heavy atom. The molecule has 0 aliphatic carbocycles. The first-order chi connectivity index (χ1) is 5.24. The SMILES string of the molecule is Br.Nc1nccc(C(=O)CBr)n1. The molecule has 6 heteroatoms. The van der Waals surface area contributed by atoms with E-state index in [4.69, 9.17) is 5.73 Å². The first kappa shape index (κ1) is 11.5. The predicted molar refractivity (Wildman–Crippen MR) is 54.9 cm³/mol. The zero-order valence-electron chi connectivity index (χ0n) is 6.03. The molecule has 0 aliphatic heterocycles. The maximum absolute atomic E-state index is 11.0. The normalized spacial score (nSPS) is 8.75. The number of anilines is 1. The molecule has 0 saturated heterocycles. The van der Waals surface area contributed by atoms with Gasteiger partial charge in [0.05, 0.1) is 5.33 Å². The summed E-state index contributed by atoms with van der Waals surface area (Å²) in [5.74, 6) is 0.0240. The summed E-state index contributed by atoms with van der Waals surface area (Å²) in [5.41, 5.74) is 5.60. The van der Waals surface area contributed by atoms with Gasteiger partial charge in [0, 0.05) is 6.20 Å². The largest absolute Gasteiger partial charge is 0.368 e. The molecule has 0 saturated carbocycles. The van der Waals surface area contributed by atoms with Crippen molar-refractivity contribution in [1.82, 2.24) is 9.97 Å². The molecule has 0 aromatic carbocycles. The molecule has 0 unspecified atom stereocenters. The molecule has 1 aromatic rings. The number of carbonyl (C=O) groups is 1. The molecule has 0 bridgehead atoms. The van der Waals surface area contributed by atoms with Gasteiger partial charge < -0.3 is 5.73 Å². The zero-order valence-corrected chi connectivity index (χ0v) is 9.33. The number of alkyl halides is 1. The Morgan fingerprint density at radius 3 is 2.83 bits per heavy atom. The van der Waals surface area contributed by atoms with Crippen molar-refractivity contribution in [3.63, 3.8) is 0 Å². The quantitative estimate of drug-likeness (QED) is 0.658. The average Bonchev–Trinajstić information content (AvgIpc) is 2.03. The summed E-state index contributed by atoms with van der Waals surface area (Å²) in [6, 6.07) is 1.53. The molecule has 66 valence electrons. The van der Waals surface area contributed by atoms with Crippen molar-refractivity contribution in [3.05, 3.63) is 18.0 Å². The minimum Gasteiger partial charge on any atom is -0.368 e. The molecule has 0 aliphatic rings. The summed E-state index contributed by atoms with van der Waals surface area (Å²) in [5, 5.41) is 0.253. The monoisotopic (exact) mass is 295 g/mol. The number of rotatable bonds is 2. The van der Waals surface area contributed by atoms with Crippen molar-refractivity contribution in [3.8, 4) is 0 Å². The fourth-order valence-corrected chi connectivity index (χ4v) is 0.885. The molecule has 12 heavy (non-hydrogen) atoms. The second-order valence-electron chi connectivity index (χ2n) is 1.86. The molecule has 0 radical (unpaired) electrons. The van der Waals surface area contributed by atoms with Crippen LogP contribution in [0.25, 0.3) is 0 Å². The summed E-state index contributed by atoms with van der Waals surface area (Å²) < 4.78 is 0. The Morgan fingerprint density at radius 1 is 1.67 bits per heavy atom. The fraction of sp³-hybridized carbons (Fsp3) is 0.167. The van der Waals surface area contributed by atoms with Crippen LogP contribution in [0.1, 0.15) is 10.5 Å². The second kappa shape index (κ2) is 5.21. The molecular formula is C6H7Br2N3O. The highest BCUT2D eigenvalue weighted by atomic mass is 79.9. The Balaban J connectivity index is 0.00000121. The van der Waals surface area contributed by atoms with Gasteiger partial charge in [-0.15, -0.1) is 17.0 Å². The van der Waals surface area contributed by atoms with Gasteiger partial charge in [0.25, 0.3) is 0 Å². The smallest absolute Gasteiger partial charge is 0.220 e. The van der Waals surface area contributed by atoms with E-state index in [2.05, 4.69) is 25.9 Å². The van der Waals surface area contributed by atoms with Gasteiger partial charge in [-0.3, -0.25) is 4.79 Å². The number of nitrogen functional groups attached to an aromatic ring is 1. The van der Waals surface area contributed by atoms with Crippen LogP contribution in [0, 0.1) is 0 Å². The van der Waals surface area contributed by atoms with Gasteiger partial charge in [-0.25, -0.2) is 9.97 Å². The van der Waals surface area contributed by atoms with Crippen LogP contribution in [0.15, 0.2) is 12.3 Å². The van der Waals surface area contributed by atoms with Crippen LogP contribution >= 0.6 is 32.9 Å². The van der Waals surface area contributed by atoms with Crippen LogP contribution in [0.4, 0.5) is 5.95 Å². The number of nitrogens with zero attached hydrogens (tertiary/aromatic N) is 2. The maximum atomic E-state index is 11.0. The summed E-state index contributed by atoms with van der Waals surface area (Å²) in [7, 11) is 0. The van der Waals surface area contributed by atoms with Crippen LogP contribution in [-0.4, -0.2) is 21.1 Å². The van der Waals surface area contributed by atoms with Gasteiger partial charge in [-0.1, -0.05) is 15.9 Å². The van der Waals surface area contributed by atoms with Gasteiger partial charge >= 0.3 is 0 Å². The number of aromatic nitrogens is 2. The number of Topliss-reactive ketones (excluding diaryl/α,β-unsaturated/α-hetero) is 1. The number of carbonyl (C=O) groups excluding carboxylic acids is 1. The summed E-state index contributed by atoms with van der Waals surface area (Å²) in [4.78, 5) is 18.4. The van der Waals surface area contributed by atoms with E-state index in [1.807, 2.05) is 0 Å². The third-order valence-corrected chi connectivity index (χ3v) is 1.59. The summed E-state index contributed by atoms with van der Waals surface area (Å²) >= 11 is 3.03. The second-order valence-corrected chi connectivity index (χ2v) is 2.42. The van der Waals surface area contributed by atoms with Crippen LogP contribution in [0.5, 0.6) is 0 Å². The fourth-order valence-electron chi connectivity index (χ4n) is 0.598. The minimum atomic E-state index is -0.0981. The van der Waals surface area contributed by atoms with Gasteiger partial charge in [0.1, 0.15) is 5.69 Å². The van der Waals surface area contributed by atoms with Crippen molar-refractivity contribution in [1.29, 1.82) is 0 Å². The van der Waals surface area contributed by atoms with Crippen molar-refractivity contribution in [2.45, 2.75) is 0 Å². The minimum absolute atomic E-state index is 0. The number of hydrogen-bond donors (Lipinski definition) is 1.